The summed E-state index contributed by atoms with van der Waals surface area (Å²) in [7, 11) is -3.89. The highest BCUT2D eigenvalue weighted by molar-refractivity contribution is 7.86. The smallest absolute Gasteiger partial charge is 0.232 e. The summed E-state index contributed by atoms with van der Waals surface area (Å²) in [6, 6.07) is 7.41. The summed E-state index contributed by atoms with van der Waals surface area (Å²) in [4.78, 5) is -0.0392. The molecule has 0 unspecified atom stereocenters. The van der Waals surface area contributed by atoms with Gasteiger partial charge in [-0.2, -0.15) is 8.42 Å². The van der Waals surface area contributed by atoms with Gasteiger partial charge < -0.3 is 0 Å². The van der Waals surface area contributed by atoms with E-state index in [4.69, 9.17) is 0 Å². The third-order valence-electron chi connectivity index (χ3n) is 1.23. The fourth-order valence-electron chi connectivity index (χ4n) is 0.714. The molecule has 0 saturated carbocycles. The number of benzene rings is 1. The van der Waals surface area contributed by atoms with Crippen LogP contribution in [0.1, 0.15) is 0 Å². The van der Waals surface area contributed by atoms with Crippen molar-refractivity contribution in [3.8, 4) is 0 Å². The number of hydrogen-bond donors (Lipinski definition) is 0. The monoisotopic (exact) mass is 190 g/mol. The number of alkyl halides is 1. The summed E-state index contributed by atoms with van der Waals surface area (Å²) < 4.78 is 37.4. The molecule has 0 amide bonds. The van der Waals surface area contributed by atoms with E-state index < -0.39 is 17.0 Å². The molecule has 0 aliphatic heterocycles. The molecule has 0 aliphatic rings. The zero-order valence-corrected chi connectivity index (χ0v) is 6.92. The third-order valence-corrected chi connectivity index (χ3v) is 2.48. The highest BCUT2D eigenvalue weighted by Gasteiger charge is 2.13. The van der Waals surface area contributed by atoms with Crippen molar-refractivity contribution < 1.29 is 17.0 Å². The highest BCUT2D eigenvalue weighted by Crippen LogP contribution is 2.10. The molecule has 0 saturated heterocycles. The zero-order valence-electron chi connectivity index (χ0n) is 6.10. The molecule has 1 aromatic carbocycles. The van der Waals surface area contributed by atoms with Gasteiger partial charge in [0.1, 0.15) is 0 Å². The molecule has 0 N–H and O–H groups in total. The second kappa shape index (κ2) is 3.64. The molecule has 66 valence electrons. The molecule has 0 radical (unpaired) electrons. The van der Waals surface area contributed by atoms with Crippen molar-refractivity contribution in [2.45, 2.75) is 4.90 Å². The van der Waals surface area contributed by atoms with Crippen molar-refractivity contribution in [1.82, 2.24) is 0 Å². The first-order valence-corrected chi connectivity index (χ1v) is 4.58. The summed E-state index contributed by atoms with van der Waals surface area (Å²) in [6.07, 6.45) is 0. The summed E-state index contributed by atoms with van der Waals surface area (Å²) >= 11 is 0. The lowest BCUT2D eigenvalue weighted by Gasteiger charge is -1.99. The molecule has 0 atom stereocenters. The molecular weight excluding hydrogens is 183 g/mol. The molecule has 0 fully saturated rings. The fourth-order valence-corrected chi connectivity index (χ4v) is 1.46. The van der Waals surface area contributed by atoms with E-state index in [2.05, 4.69) is 4.18 Å². The van der Waals surface area contributed by atoms with E-state index in [1.807, 2.05) is 0 Å². The molecular formula is C7H7FO3S. The fraction of sp³-hybridized carbons (Fsp3) is 0.143. The van der Waals surface area contributed by atoms with Crippen LogP contribution in [0.15, 0.2) is 35.2 Å². The van der Waals surface area contributed by atoms with Gasteiger partial charge in [-0.05, 0) is 12.1 Å². The Kier molecular flexibility index (Phi) is 2.78. The van der Waals surface area contributed by atoms with Crippen LogP contribution in [0.5, 0.6) is 0 Å². The van der Waals surface area contributed by atoms with E-state index in [-0.39, 0.29) is 4.90 Å². The van der Waals surface area contributed by atoms with Crippen molar-refractivity contribution in [3.05, 3.63) is 30.3 Å². The van der Waals surface area contributed by atoms with Crippen LogP contribution in [0.2, 0.25) is 0 Å². The summed E-state index contributed by atoms with van der Waals surface area (Å²) in [5.74, 6) is 0. The molecule has 1 rings (SSSR count). The molecule has 12 heavy (non-hydrogen) atoms. The van der Waals surface area contributed by atoms with Crippen LogP contribution in [0.4, 0.5) is 4.39 Å². The lowest BCUT2D eigenvalue weighted by Crippen LogP contribution is -2.04. The largest absolute Gasteiger partial charge is 0.299 e. The first-order valence-electron chi connectivity index (χ1n) is 3.17. The number of hydrogen-bond acceptors (Lipinski definition) is 3. The quantitative estimate of drug-likeness (QED) is 0.675. The van der Waals surface area contributed by atoms with Gasteiger partial charge in [-0.25, -0.2) is 8.57 Å². The lowest BCUT2D eigenvalue weighted by atomic mass is 10.4. The predicted octanol–water partition coefficient (Wildman–Crippen LogP) is 1.32. The van der Waals surface area contributed by atoms with Gasteiger partial charge in [-0.1, -0.05) is 18.2 Å². The van der Waals surface area contributed by atoms with Crippen LogP contribution >= 0.6 is 0 Å². The van der Waals surface area contributed by atoms with Crippen LogP contribution in [0.3, 0.4) is 0 Å². The van der Waals surface area contributed by atoms with E-state index in [9.17, 15) is 12.8 Å². The summed E-state index contributed by atoms with van der Waals surface area (Å²) in [5, 5.41) is 0. The second-order valence-electron chi connectivity index (χ2n) is 1.99. The Bertz CT molecular complexity index is 333. The molecule has 3 nitrogen and oxygen atoms in total. The van der Waals surface area contributed by atoms with E-state index in [1.165, 1.54) is 24.3 Å². The highest BCUT2D eigenvalue weighted by atomic mass is 32.2. The van der Waals surface area contributed by atoms with Crippen molar-refractivity contribution in [2.75, 3.05) is 6.86 Å². The van der Waals surface area contributed by atoms with Gasteiger partial charge in [-0.3, -0.25) is 0 Å². The topological polar surface area (TPSA) is 43.4 Å². The minimum absolute atomic E-state index is 0.0392. The lowest BCUT2D eigenvalue weighted by molar-refractivity contribution is 0.198. The summed E-state index contributed by atoms with van der Waals surface area (Å²) in [5.41, 5.74) is 0. The van der Waals surface area contributed by atoms with Crippen molar-refractivity contribution in [2.24, 2.45) is 0 Å². The maximum atomic E-state index is 11.6. The van der Waals surface area contributed by atoms with Gasteiger partial charge in [0.25, 0.3) is 10.1 Å². The predicted molar refractivity (Wildman–Crippen MR) is 40.7 cm³/mol. The maximum absolute atomic E-state index is 11.6. The van der Waals surface area contributed by atoms with Gasteiger partial charge in [0.2, 0.25) is 6.86 Å². The molecule has 0 heterocycles. The Morgan fingerprint density at radius 1 is 1.25 bits per heavy atom. The van der Waals surface area contributed by atoms with Gasteiger partial charge in [0.15, 0.2) is 0 Å². The third kappa shape index (κ3) is 2.02. The Morgan fingerprint density at radius 3 is 2.33 bits per heavy atom. The number of rotatable bonds is 3. The van der Waals surface area contributed by atoms with E-state index >= 15 is 0 Å². The van der Waals surface area contributed by atoms with Gasteiger partial charge >= 0.3 is 0 Å². The Hall–Kier alpha value is -0.940. The Balaban J connectivity index is 2.99. The van der Waals surface area contributed by atoms with Crippen molar-refractivity contribution in [3.63, 3.8) is 0 Å². The summed E-state index contributed by atoms with van der Waals surface area (Å²) in [6.45, 7) is -1.34. The molecule has 0 bridgehead atoms. The zero-order chi connectivity index (χ0) is 9.03. The average Bonchev–Trinajstić information content (AvgIpc) is 2.06. The molecule has 1 aromatic rings. The molecule has 0 aliphatic carbocycles. The van der Waals surface area contributed by atoms with Crippen LogP contribution < -0.4 is 0 Å². The van der Waals surface area contributed by atoms with Crippen LogP contribution in [-0.2, 0) is 14.3 Å². The second-order valence-corrected chi connectivity index (χ2v) is 3.61. The first-order chi connectivity index (χ1) is 5.67. The molecule has 0 aromatic heterocycles. The first kappa shape index (κ1) is 9.15. The van der Waals surface area contributed by atoms with E-state index in [0.717, 1.165) is 0 Å². The maximum Gasteiger partial charge on any atom is 0.299 e. The van der Waals surface area contributed by atoms with Crippen molar-refractivity contribution in [1.29, 1.82) is 0 Å². The van der Waals surface area contributed by atoms with Crippen LogP contribution in [0, 0.1) is 0 Å². The minimum Gasteiger partial charge on any atom is -0.232 e. The molecule has 5 heteroatoms. The SMILES string of the molecule is O=S(=O)(OCF)c1ccccc1. The number of halogens is 1. The van der Waals surface area contributed by atoms with E-state index in [0.29, 0.717) is 0 Å². The van der Waals surface area contributed by atoms with Crippen LogP contribution in [0.25, 0.3) is 0 Å². The van der Waals surface area contributed by atoms with Crippen LogP contribution in [-0.4, -0.2) is 15.3 Å². The standard InChI is InChI=1S/C7H7FO3S/c8-6-11-12(9,10)7-4-2-1-3-5-7/h1-5H,6H2. The van der Waals surface area contributed by atoms with Gasteiger partial charge in [0, 0.05) is 0 Å². The van der Waals surface area contributed by atoms with Gasteiger partial charge in [-0.15, -0.1) is 0 Å². The van der Waals surface area contributed by atoms with Gasteiger partial charge in [0.05, 0.1) is 4.90 Å². The molecule has 0 spiro atoms. The normalized spacial score (nSPS) is 11.4. The van der Waals surface area contributed by atoms with Crippen molar-refractivity contribution >= 4 is 10.1 Å². The Labute approximate surface area is 69.9 Å². The minimum atomic E-state index is -3.89. The average molecular weight is 190 g/mol. The van der Waals surface area contributed by atoms with E-state index in [1.54, 1.807) is 6.07 Å². The Morgan fingerprint density at radius 2 is 1.83 bits per heavy atom.